The van der Waals surface area contributed by atoms with Gasteiger partial charge in [-0.05, 0) is 19.3 Å². The zero-order valence-corrected chi connectivity index (χ0v) is 7.43. The monoisotopic (exact) mass is 169 g/mol. The molecule has 2 fully saturated rings. The van der Waals surface area contributed by atoms with Crippen molar-refractivity contribution >= 4 is 5.97 Å². The Labute approximate surface area is 72.5 Å². The van der Waals surface area contributed by atoms with E-state index in [1.165, 1.54) is 13.5 Å². The van der Waals surface area contributed by atoms with E-state index < -0.39 is 0 Å². The fourth-order valence-corrected chi connectivity index (χ4v) is 2.51. The molecule has 1 aliphatic carbocycles. The van der Waals surface area contributed by atoms with Crippen LogP contribution in [0.25, 0.3) is 0 Å². The smallest absolute Gasteiger partial charge is 0.313 e. The summed E-state index contributed by atoms with van der Waals surface area (Å²) in [5.41, 5.74) is -0.169. The minimum Gasteiger partial charge on any atom is -0.469 e. The van der Waals surface area contributed by atoms with E-state index in [0.717, 1.165) is 25.8 Å². The summed E-state index contributed by atoms with van der Waals surface area (Å²) in [6.07, 6.45) is 4.37. The van der Waals surface area contributed by atoms with Crippen LogP contribution in [-0.2, 0) is 9.53 Å². The van der Waals surface area contributed by atoms with Gasteiger partial charge < -0.3 is 10.1 Å². The molecule has 1 saturated carbocycles. The summed E-state index contributed by atoms with van der Waals surface area (Å²) in [6.45, 7) is 0.824. The van der Waals surface area contributed by atoms with Crippen LogP contribution in [-0.4, -0.2) is 25.7 Å². The van der Waals surface area contributed by atoms with Crippen LogP contribution < -0.4 is 5.32 Å². The molecule has 0 aromatic heterocycles. The van der Waals surface area contributed by atoms with Crippen LogP contribution in [0.2, 0.25) is 0 Å². The average Bonchev–Trinajstić information content (AvgIpc) is 2.42. The first kappa shape index (κ1) is 8.05. The van der Waals surface area contributed by atoms with Gasteiger partial charge in [0, 0.05) is 12.6 Å². The van der Waals surface area contributed by atoms with Crippen molar-refractivity contribution in [3.05, 3.63) is 0 Å². The molecular formula is C9H15NO2. The lowest BCUT2D eigenvalue weighted by Gasteiger charge is -2.28. The van der Waals surface area contributed by atoms with Gasteiger partial charge in [-0.2, -0.15) is 0 Å². The van der Waals surface area contributed by atoms with E-state index in [1.54, 1.807) is 0 Å². The van der Waals surface area contributed by atoms with Crippen LogP contribution in [0, 0.1) is 5.41 Å². The first-order chi connectivity index (χ1) is 5.77. The second kappa shape index (κ2) is 2.73. The number of carbonyl (C=O) groups is 1. The summed E-state index contributed by atoms with van der Waals surface area (Å²) in [6, 6.07) is 0.567. The van der Waals surface area contributed by atoms with Crippen LogP contribution >= 0.6 is 0 Å². The molecule has 0 radical (unpaired) electrons. The fraction of sp³-hybridized carbons (Fsp3) is 0.889. The maximum absolute atomic E-state index is 11.5. The summed E-state index contributed by atoms with van der Waals surface area (Å²) in [5, 5.41) is 3.37. The molecule has 1 heterocycles. The van der Waals surface area contributed by atoms with Crippen molar-refractivity contribution in [1.29, 1.82) is 0 Å². The molecule has 12 heavy (non-hydrogen) atoms. The highest BCUT2D eigenvalue weighted by Gasteiger charge is 2.48. The predicted molar refractivity (Wildman–Crippen MR) is 44.7 cm³/mol. The summed E-state index contributed by atoms with van der Waals surface area (Å²) in [4.78, 5) is 11.5. The minimum atomic E-state index is -0.169. The Morgan fingerprint density at radius 1 is 1.67 bits per heavy atom. The van der Waals surface area contributed by atoms with Crippen molar-refractivity contribution in [3.63, 3.8) is 0 Å². The first-order valence-electron chi connectivity index (χ1n) is 4.59. The number of rotatable bonds is 1. The van der Waals surface area contributed by atoms with Crippen LogP contribution in [0.3, 0.4) is 0 Å². The Morgan fingerprint density at radius 3 is 3.25 bits per heavy atom. The fourth-order valence-electron chi connectivity index (χ4n) is 2.51. The highest BCUT2D eigenvalue weighted by atomic mass is 16.5. The zero-order chi connectivity index (χ0) is 8.60. The van der Waals surface area contributed by atoms with Gasteiger partial charge in [0.05, 0.1) is 12.5 Å². The Bertz CT molecular complexity index is 201. The second-order valence-corrected chi connectivity index (χ2v) is 3.95. The lowest BCUT2D eigenvalue weighted by Crippen LogP contribution is -2.35. The molecule has 2 bridgehead atoms. The Kier molecular flexibility index (Phi) is 1.83. The number of methoxy groups -OCH3 is 1. The average molecular weight is 169 g/mol. The topological polar surface area (TPSA) is 38.3 Å². The number of fused-ring (bicyclic) bond motifs is 2. The lowest BCUT2D eigenvalue weighted by atomic mass is 9.76. The molecule has 2 atom stereocenters. The second-order valence-electron chi connectivity index (χ2n) is 3.95. The summed E-state index contributed by atoms with van der Waals surface area (Å²) < 4.78 is 4.83. The number of carbonyl (C=O) groups excluding carboxylic acids is 1. The van der Waals surface area contributed by atoms with Gasteiger partial charge in [0.25, 0.3) is 0 Å². The molecule has 68 valence electrons. The Morgan fingerprint density at radius 2 is 2.50 bits per heavy atom. The number of hydrogen-bond acceptors (Lipinski definition) is 3. The third-order valence-electron chi connectivity index (χ3n) is 3.19. The molecule has 0 spiro atoms. The molecule has 1 saturated heterocycles. The Hall–Kier alpha value is -0.570. The number of hydrogen-bond donors (Lipinski definition) is 1. The van der Waals surface area contributed by atoms with Gasteiger partial charge in [-0.25, -0.2) is 0 Å². The highest BCUT2D eigenvalue weighted by Crippen LogP contribution is 2.41. The third kappa shape index (κ3) is 1.04. The SMILES string of the molecule is COC(=O)C12CCCC(C1)NC2. The maximum Gasteiger partial charge on any atom is 0.313 e. The number of esters is 1. The first-order valence-corrected chi connectivity index (χ1v) is 4.59. The molecule has 2 aliphatic rings. The van der Waals surface area contributed by atoms with E-state index in [1.807, 2.05) is 0 Å². The molecule has 0 aromatic carbocycles. The molecule has 1 N–H and O–H groups in total. The van der Waals surface area contributed by atoms with E-state index in [0.29, 0.717) is 6.04 Å². The van der Waals surface area contributed by atoms with Gasteiger partial charge in [-0.15, -0.1) is 0 Å². The van der Waals surface area contributed by atoms with Crippen molar-refractivity contribution in [3.8, 4) is 0 Å². The van der Waals surface area contributed by atoms with Gasteiger partial charge >= 0.3 is 5.97 Å². The van der Waals surface area contributed by atoms with E-state index in [2.05, 4.69) is 5.32 Å². The number of nitrogens with one attached hydrogen (secondary N) is 1. The van der Waals surface area contributed by atoms with Crippen LogP contribution in [0.15, 0.2) is 0 Å². The van der Waals surface area contributed by atoms with Crippen LogP contribution in [0.5, 0.6) is 0 Å². The van der Waals surface area contributed by atoms with Crippen molar-refractivity contribution in [2.24, 2.45) is 5.41 Å². The van der Waals surface area contributed by atoms with Crippen molar-refractivity contribution < 1.29 is 9.53 Å². The quantitative estimate of drug-likeness (QED) is 0.587. The van der Waals surface area contributed by atoms with Gasteiger partial charge in [-0.3, -0.25) is 4.79 Å². The number of ether oxygens (including phenoxy) is 1. The van der Waals surface area contributed by atoms with Gasteiger partial charge in [-0.1, -0.05) is 6.42 Å². The van der Waals surface area contributed by atoms with Crippen LogP contribution in [0.1, 0.15) is 25.7 Å². The van der Waals surface area contributed by atoms with E-state index in [-0.39, 0.29) is 11.4 Å². The largest absolute Gasteiger partial charge is 0.469 e. The van der Waals surface area contributed by atoms with Gasteiger partial charge in [0.2, 0.25) is 0 Å². The highest BCUT2D eigenvalue weighted by molar-refractivity contribution is 5.77. The van der Waals surface area contributed by atoms with Crippen molar-refractivity contribution in [2.45, 2.75) is 31.7 Å². The van der Waals surface area contributed by atoms with Gasteiger partial charge in [0.1, 0.15) is 0 Å². The predicted octanol–water partition coefficient (Wildman–Crippen LogP) is 0.692. The Balaban J connectivity index is 2.15. The summed E-state index contributed by atoms with van der Waals surface area (Å²) >= 11 is 0. The van der Waals surface area contributed by atoms with Crippen molar-refractivity contribution in [2.75, 3.05) is 13.7 Å². The zero-order valence-electron chi connectivity index (χ0n) is 7.43. The molecule has 2 rings (SSSR count). The molecular weight excluding hydrogens is 154 g/mol. The van der Waals surface area contributed by atoms with Gasteiger partial charge in [0.15, 0.2) is 0 Å². The standard InChI is InChI=1S/C9H15NO2/c1-12-8(11)9-4-2-3-7(5-9)10-6-9/h7,10H,2-6H2,1H3. The molecule has 3 heteroatoms. The molecule has 2 unspecified atom stereocenters. The minimum absolute atomic E-state index is 0.0165. The van der Waals surface area contributed by atoms with Crippen molar-refractivity contribution in [1.82, 2.24) is 5.32 Å². The normalized spacial score (nSPS) is 39.6. The molecule has 0 amide bonds. The summed E-state index contributed by atoms with van der Waals surface area (Å²) in [7, 11) is 1.49. The molecule has 1 aliphatic heterocycles. The summed E-state index contributed by atoms with van der Waals surface area (Å²) in [5.74, 6) is -0.0165. The lowest BCUT2D eigenvalue weighted by molar-refractivity contribution is -0.152. The molecule has 3 nitrogen and oxygen atoms in total. The third-order valence-corrected chi connectivity index (χ3v) is 3.19. The van der Waals surface area contributed by atoms with Crippen LogP contribution in [0.4, 0.5) is 0 Å². The van der Waals surface area contributed by atoms with E-state index in [4.69, 9.17) is 4.74 Å². The van der Waals surface area contributed by atoms with E-state index >= 15 is 0 Å². The molecule has 0 aromatic rings. The maximum atomic E-state index is 11.5. The van der Waals surface area contributed by atoms with E-state index in [9.17, 15) is 4.79 Å².